The number of carboxylic acid groups (broad SMARTS) is 1. The molecule has 0 radical (unpaired) electrons. The monoisotopic (exact) mass is 455 g/mol. The molecule has 0 aliphatic rings. The number of aliphatic carboxylic acids is 1. The van der Waals surface area contributed by atoms with E-state index in [-0.39, 0.29) is 11.4 Å². The van der Waals surface area contributed by atoms with E-state index in [0.717, 1.165) is 23.0 Å². The summed E-state index contributed by atoms with van der Waals surface area (Å²) < 4.78 is 0. The molecule has 1 heterocycles. The largest absolute Gasteiger partial charge is 0.476 e. The highest BCUT2D eigenvalue weighted by Gasteiger charge is 2.37. The zero-order valence-corrected chi connectivity index (χ0v) is 18.4. The van der Waals surface area contributed by atoms with Gasteiger partial charge in [0, 0.05) is 5.38 Å². The molecule has 2 N–H and O–H groups in total. The summed E-state index contributed by atoms with van der Waals surface area (Å²) in [5.41, 5.74) is 2.17. The summed E-state index contributed by atoms with van der Waals surface area (Å²) in [7, 11) is 0. The highest BCUT2D eigenvalue weighted by Crippen LogP contribution is 2.40. The molecule has 0 atom stereocenters. The van der Waals surface area contributed by atoms with E-state index in [9.17, 15) is 9.90 Å². The first-order valence-corrected chi connectivity index (χ1v) is 11.0. The molecule has 33 heavy (non-hydrogen) atoms. The minimum absolute atomic E-state index is 0.194. The van der Waals surface area contributed by atoms with Gasteiger partial charge in [-0.05, 0) is 16.7 Å². The van der Waals surface area contributed by atoms with Crippen molar-refractivity contribution in [2.75, 3.05) is 5.32 Å². The number of nitrogens with one attached hydrogen (secondary N) is 1. The number of carboxylic acids is 1. The maximum absolute atomic E-state index is 11.7. The maximum Gasteiger partial charge on any atom is 0.360 e. The molecule has 1 aromatic heterocycles. The Hall–Kier alpha value is -4.23. The molecule has 0 saturated carbocycles. The number of hydrogen-bond acceptors (Lipinski definition) is 6. The third-order valence-corrected chi connectivity index (χ3v) is 5.84. The van der Waals surface area contributed by atoms with Gasteiger partial charge in [-0.15, -0.1) is 11.3 Å². The van der Waals surface area contributed by atoms with Crippen LogP contribution in [-0.4, -0.2) is 21.8 Å². The normalized spacial score (nSPS) is 11.6. The SMILES string of the molecule is C=CO/N=C(/C(=O)O)c1csc(NC(c2ccccc2)(c2ccccc2)c2ccccc2)n1. The number of aromatic nitrogens is 1. The standard InChI is InChI=1S/C26H21N3O3S/c1-2-32-29-23(24(30)31)22-18-33-25(27-22)28-26(19-12-6-3-7-13-19,20-14-8-4-9-15-20)21-16-10-5-11-17-21/h2-18H,1H2,(H,27,28)(H,30,31)/b29-23+. The van der Waals surface area contributed by atoms with Crippen LogP contribution in [0.3, 0.4) is 0 Å². The third-order valence-electron chi connectivity index (χ3n) is 5.08. The number of oxime groups is 1. The van der Waals surface area contributed by atoms with Crippen LogP contribution in [0.1, 0.15) is 22.4 Å². The van der Waals surface area contributed by atoms with E-state index in [4.69, 9.17) is 4.84 Å². The van der Waals surface area contributed by atoms with Crippen molar-refractivity contribution in [3.05, 3.63) is 132 Å². The van der Waals surface area contributed by atoms with Crippen LogP contribution in [-0.2, 0) is 15.2 Å². The van der Waals surface area contributed by atoms with Gasteiger partial charge >= 0.3 is 5.97 Å². The Morgan fingerprint density at radius 3 is 1.85 bits per heavy atom. The molecule has 7 heteroatoms. The Morgan fingerprint density at radius 2 is 1.42 bits per heavy atom. The number of thiazole rings is 1. The molecule has 164 valence electrons. The average molecular weight is 456 g/mol. The van der Waals surface area contributed by atoms with Crippen molar-refractivity contribution >= 4 is 28.1 Å². The Balaban J connectivity index is 1.88. The second kappa shape index (κ2) is 9.93. The van der Waals surface area contributed by atoms with E-state index in [1.165, 1.54) is 11.3 Å². The first-order chi connectivity index (χ1) is 16.1. The van der Waals surface area contributed by atoms with Gasteiger partial charge in [0.15, 0.2) is 5.13 Å². The highest BCUT2D eigenvalue weighted by atomic mass is 32.1. The van der Waals surface area contributed by atoms with Gasteiger partial charge in [-0.25, -0.2) is 9.78 Å². The molecule has 6 nitrogen and oxygen atoms in total. The Bertz CT molecular complexity index is 1160. The van der Waals surface area contributed by atoms with E-state index in [0.29, 0.717) is 5.13 Å². The van der Waals surface area contributed by atoms with E-state index >= 15 is 0 Å². The van der Waals surface area contributed by atoms with Crippen LogP contribution in [0.5, 0.6) is 0 Å². The fourth-order valence-corrected chi connectivity index (χ4v) is 4.42. The van der Waals surface area contributed by atoms with Crippen molar-refractivity contribution in [1.29, 1.82) is 0 Å². The average Bonchev–Trinajstić information content (AvgIpc) is 3.32. The van der Waals surface area contributed by atoms with Crippen LogP contribution >= 0.6 is 11.3 Å². The fourth-order valence-electron chi connectivity index (χ4n) is 3.67. The van der Waals surface area contributed by atoms with Crippen molar-refractivity contribution < 1.29 is 14.7 Å². The predicted octanol–water partition coefficient (Wildman–Crippen LogP) is 5.50. The molecule has 0 fully saturated rings. The quantitative estimate of drug-likeness (QED) is 0.151. The van der Waals surface area contributed by atoms with Crippen molar-refractivity contribution in [2.45, 2.75) is 5.54 Å². The van der Waals surface area contributed by atoms with Gasteiger partial charge in [0.25, 0.3) is 0 Å². The van der Waals surface area contributed by atoms with E-state index in [2.05, 4.69) is 58.4 Å². The molecule has 4 aromatic rings. The lowest BCUT2D eigenvalue weighted by Gasteiger charge is -2.36. The molecule has 3 aromatic carbocycles. The van der Waals surface area contributed by atoms with Crippen LogP contribution in [0.4, 0.5) is 5.13 Å². The summed E-state index contributed by atoms with van der Waals surface area (Å²) in [5.74, 6) is -1.24. The molecule has 0 spiro atoms. The first-order valence-electron chi connectivity index (χ1n) is 10.1. The lowest BCUT2D eigenvalue weighted by Crippen LogP contribution is -2.38. The van der Waals surface area contributed by atoms with Gasteiger partial charge in [0.2, 0.25) is 5.71 Å². The summed E-state index contributed by atoms with van der Waals surface area (Å²) in [6.07, 6.45) is 1.06. The number of rotatable bonds is 9. The summed E-state index contributed by atoms with van der Waals surface area (Å²) in [5, 5.41) is 18.9. The Kier molecular flexibility index (Phi) is 6.61. The molecule has 0 amide bonds. The van der Waals surface area contributed by atoms with Crippen LogP contribution in [0.15, 0.2) is 114 Å². The number of carbonyl (C=O) groups is 1. The van der Waals surface area contributed by atoms with Gasteiger partial charge in [-0.1, -0.05) is 103 Å². The van der Waals surface area contributed by atoms with Gasteiger partial charge in [-0.2, -0.15) is 0 Å². The molecule has 0 unspecified atom stereocenters. The number of benzene rings is 3. The number of anilines is 1. The second-order valence-electron chi connectivity index (χ2n) is 7.03. The zero-order chi connectivity index (χ0) is 23.1. The zero-order valence-electron chi connectivity index (χ0n) is 17.6. The van der Waals surface area contributed by atoms with Crippen molar-refractivity contribution in [3.63, 3.8) is 0 Å². The lowest BCUT2D eigenvalue weighted by molar-refractivity contribution is -0.129. The number of nitrogens with zero attached hydrogens (tertiary/aromatic N) is 2. The van der Waals surface area contributed by atoms with Gasteiger partial charge in [0.05, 0.1) is 0 Å². The molecule has 0 aliphatic carbocycles. The van der Waals surface area contributed by atoms with E-state index < -0.39 is 11.5 Å². The van der Waals surface area contributed by atoms with Gasteiger partial charge < -0.3 is 15.3 Å². The van der Waals surface area contributed by atoms with E-state index in [1.54, 1.807) is 5.38 Å². The lowest BCUT2D eigenvalue weighted by atomic mass is 9.77. The second-order valence-corrected chi connectivity index (χ2v) is 7.89. The summed E-state index contributed by atoms with van der Waals surface area (Å²) >= 11 is 1.29. The molecule has 0 aliphatic heterocycles. The van der Waals surface area contributed by atoms with Crippen LogP contribution in [0.2, 0.25) is 0 Å². The van der Waals surface area contributed by atoms with Gasteiger partial charge in [0.1, 0.15) is 17.5 Å². The highest BCUT2D eigenvalue weighted by molar-refractivity contribution is 7.14. The number of hydrogen-bond donors (Lipinski definition) is 2. The van der Waals surface area contributed by atoms with E-state index in [1.807, 2.05) is 54.6 Å². The summed E-state index contributed by atoms with van der Waals surface area (Å²) in [6.45, 7) is 3.39. The van der Waals surface area contributed by atoms with Crippen molar-refractivity contribution in [1.82, 2.24) is 4.98 Å². The van der Waals surface area contributed by atoms with Gasteiger partial charge in [-0.3, -0.25) is 0 Å². The van der Waals surface area contributed by atoms with Crippen LogP contribution in [0.25, 0.3) is 0 Å². The molecule has 4 rings (SSSR count). The fraction of sp³-hybridized carbons (Fsp3) is 0.0385. The smallest absolute Gasteiger partial charge is 0.360 e. The molecular weight excluding hydrogens is 434 g/mol. The topological polar surface area (TPSA) is 83.8 Å². The maximum atomic E-state index is 11.7. The molecule has 0 saturated heterocycles. The Morgan fingerprint density at radius 1 is 0.939 bits per heavy atom. The summed E-state index contributed by atoms with van der Waals surface area (Å²) in [4.78, 5) is 20.9. The predicted molar refractivity (Wildman–Crippen MR) is 130 cm³/mol. The van der Waals surface area contributed by atoms with Crippen molar-refractivity contribution in [3.8, 4) is 0 Å². The Labute approximate surface area is 195 Å². The van der Waals surface area contributed by atoms with Crippen LogP contribution < -0.4 is 5.32 Å². The van der Waals surface area contributed by atoms with Crippen molar-refractivity contribution in [2.24, 2.45) is 5.16 Å². The molecule has 0 bridgehead atoms. The minimum Gasteiger partial charge on any atom is -0.476 e. The van der Waals surface area contributed by atoms with Crippen LogP contribution in [0, 0.1) is 0 Å². The summed E-state index contributed by atoms with van der Waals surface area (Å²) in [6, 6.07) is 30.2. The molecular formula is C26H21N3O3S. The first kappa shape index (κ1) is 22.0. The minimum atomic E-state index is -1.24. The third kappa shape index (κ3) is 4.53.